The number of rotatable bonds is 10. The zero-order valence-electron chi connectivity index (χ0n) is 24.7. The van der Waals surface area contributed by atoms with Gasteiger partial charge in [0, 0.05) is 17.5 Å². The summed E-state index contributed by atoms with van der Waals surface area (Å²) in [5.41, 5.74) is -2.87. The lowest BCUT2D eigenvalue weighted by Gasteiger charge is -2.37. The molecule has 2 aliphatic carbocycles. The molecule has 0 aromatic heterocycles. The molecule has 0 atom stereocenters. The molecule has 0 N–H and O–H groups in total. The lowest BCUT2D eigenvalue weighted by Crippen LogP contribution is -2.38. The maximum absolute atomic E-state index is 15.1. The Morgan fingerprint density at radius 2 is 1.24 bits per heavy atom. The van der Waals surface area contributed by atoms with Crippen molar-refractivity contribution in [2.45, 2.75) is 114 Å². The molecule has 0 spiro atoms. The van der Waals surface area contributed by atoms with Gasteiger partial charge in [-0.2, -0.15) is 22.0 Å². The number of unbranched alkanes of at least 4 members (excludes halogenated alkanes) is 2. The van der Waals surface area contributed by atoms with Crippen molar-refractivity contribution in [1.82, 2.24) is 0 Å². The zero-order chi connectivity index (χ0) is 33.1. The number of hydrogen-bond acceptors (Lipinski definition) is 1. The van der Waals surface area contributed by atoms with Gasteiger partial charge in [-0.3, -0.25) is 0 Å². The zero-order valence-corrected chi connectivity index (χ0v) is 24.7. The number of hydrogen-bond donors (Lipinski definition) is 0. The molecule has 0 bridgehead atoms. The van der Waals surface area contributed by atoms with Crippen LogP contribution in [0.5, 0.6) is 0 Å². The molecule has 250 valence electrons. The van der Waals surface area contributed by atoms with E-state index in [1.54, 1.807) is 0 Å². The van der Waals surface area contributed by atoms with E-state index in [2.05, 4.69) is 0 Å². The van der Waals surface area contributed by atoms with Gasteiger partial charge in [0.2, 0.25) is 0 Å². The fourth-order valence-corrected chi connectivity index (χ4v) is 6.55. The van der Waals surface area contributed by atoms with Crippen molar-refractivity contribution in [2.75, 3.05) is 0 Å². The van der Waals surface area contributed by atoms with Crippen LogP contribution >= 0.6 is 0 Å². The van der Waals surface area contributed by atoms with Crippen LogP contribution in [0.2, 0.25) is 0 Å². The first kappa shape index (κ1) is 35.2. The van der Waals surface area contributed by atoms with Crippen molar-refractivity contribution < 1.29 is 53.0 Å². The third-order valence-corrected chi connectivity index (χ3v) is 9.00. The molecule has 0 amide bonds. The number of halogens is 11. The average molecular weight is 657 g/mol. The molecule has 0 saturated heterocycles. The van der Waals surface area contributed by atoms with Crippen molar-refractivity contribution in [2.24, 2.45) is 5.92 Å². The van der Waals surface area contributed by atoms with E-state index in [0.717, 1.165) is 18.6 Å². The number of benzene rings is 2. The molecule has 2 saturated carbocycles. The van der Waals surface area contributed by atoms with Crippen molar-refractivity contribution in [3.05, 3.63) is 75.6 Å². The molecule has 0 unspecified atom stereocenters. The third-order valence-electron chi connectivity index (χ3n) is 9.00. The van der Waals surface area contributed by atoms with E-state index >= 15 is 8.78 Å². The molecule has 12 heteroatoms. The molecule has 1 nitrogen and oxygen atoms in total. The number of ether oxygens (including phenoxy) is 1. The summed E-state index contributed by atoms with van der Waals surface area (Å²) < 4.78 is 160. The number of alkyl halides is 5. The molecule has 2 aromatic rings. The normalized spacial score (nSPS) is 23.6. The molecule has 2 fully saturated rings. The van der Waals surface area contributed by atoms with Gasteiger partial charge in [-0.25, -0.2) is 26.3 Å². The van der Waals surface area contributed by atoms with Crippen LogP contribution in [0, 0.1) is 29.2 Å². The van der Waals surface area contributed by atoms with Crippen LogP contribution in [-0.2, 0) is 10.9 Å². The van der Waals surface area contributed by atoms with Gasteiger partial charge in [-0.15, -0.1) is 0 Å². The quantitative estimate of drug-likeness (QED) is 0.183. The third kappa shape index (κ3) is 8.40. The summed E-state index contributed by atoms with van der Waals surface area (Å²) in [5, 5.41) is 0. The summed E-state index contributed by atoms with van der Waals surface area (Å²) in [6.45, 7) is 1.89. The fourth-order valence-electron chi connectivity index (χ4n) is 6.55. The van der Waals surface area contributed by atoms with E-state index in [1.807, 2.05) is 6.92 Å². The Morgan fingerprint density at radius 3 is 1.76 bits per heavy atom. The number of allylic oxidation sites excluding steroid dienone is 1. The summed E-state index contributed by atoms with van der Waals surface area (Å²) in [4.78, 5) is 0. The van der Waals surface area contributed by atoms with E-state index in [4.69, 9.17) is 4.74 Å². The standard InChI is InChI=1S/C33H35F11O/c1-2-3-4-5-24(34)31(39)21-16-25(35)29(26(36)17-21)19-6-10-22(11-7-19)33(43,44)45-23-12-8-18(9-13-23)20-14-27(37)30(28(38)15-20)32(40,41)42/h14-19,22-23H,2-13H2,1H3/b31-24+. The summed E-state index contributed by atoms with van der Waals surface area (Å²) in [5.74, 6) is -10.5. The van der Waals surface area contributed by atoms with Crippen molar-refractivity contribution in [1.29, 1.82) is 0 Å². The van der Waals surface area contributed by atoms with Gasteiger partial charge >= 0.3 is 12.3 Å². The Labute approximate surface area is 254 Å². The van der Waals surface area contributed by atoms with Crippen molar-refractivity contribution >= 4 is 5.83 Å². The highest BCUT2D eigenvalue weighted by Gasteiger charge is 2.46. The molecule has 45 heavy (non-hydrogen) atoms. The molecular weight excluding hydrogens is 621 g/mol. The summed E-state index contributed by atoms with van der Waals surface area (Å²) >= 11 is 0. The predicted octanol–water partition coefficient (Wildman–Crippen LogP) is 12.1. The van der Waals surface area contributed by atoms with Crippen LogP contribution in [-0.4, -0.2) is 12.2 Å². The van der Waals surface area contributed by atoms with Gasteiger partial charge in [0.15, 0.2) is 5.83 Å². The minimum Gasteiger partial charge on any atom is -0.317 e. The van der Waals surface area contributed by atoms with Crippen LogP contribution in [0.1, 0.15) is 118 Å². The smallest absolute Gasteiger partial charge is 0.317 e. The lowest BCUT2D eigenvalue weighted by molar-refractivity contribution is -0.300. The van der Waals surface area contributed by atoms with Crippen LogP contribution < -0.4 is 0 Å². The van der Waals surface area contributed by atoms with Crippen LogP contribution in [0.15, 0.2) is 30.1 Å². The van der Waals surface area contributed by atoms with Gasteiger partial charge in [0.25, 0.3) is 0 Å². The molecule has 0 radical (unpaired) electrons. The van der Waals surface area contributed by atoms with Crippen LogP contribution in [0.4, 0.5) is 48.3 Å². The van der Waals surface area contributed by atoms with Gasteiger partial charge in [-0.05, 0) is 99.5 Å². The first-order valence-corrected chi connectivity index (χ1v) is 15.3. The minimum absolute atomic E-state index is 0.0122. The van der Waals surface area contributed by atoms with E-state index in [0.29, 0.717) is 25.0 Å². The molecule has 4 rings (SSSR count). The highest BCUT2D eigenvalue weighted by atomic mass is 19.4. The van der Waals surface area contributed by atoms with Crippen LogP contribution in [0.25, 0.3) is 5.83 Å². The largest absolute Gasteiger partial charge is 0.422 e. The molecule has 2 aromatic carbocycles. The molecule has 0 heterocycles. The summed E-state index contributed by atoms with van der Waals surface area (Å²) in [6, 6.07) is 2.70. The lowest BCUT2D eigenvalue weighted by atomic mass is 9.77. The highest BCUT2D eigenvalue weighted by Crippen LogP contribution is 2.46. The Hall–Kier alpha value is -2.63. The van der Waals surface area contributed by atoms with Gasteiger partial charge in [0.05, 0.1) is 12.0 Å². The van der Waals surface area contributed by atoms with Gasteiger partial charge < -0.3 is 4.74 Å². The van der Waals surface area contributed by atoms with E-state index in [9.17, 15) is 39.5 Å². The Bertz CT molecular complexity index is 1300. The summed E-state index contributed by atoms with van der Waals surface area (Å²) in [6.07, 6.45) is -7.68. The maximum atomic E-state index is 15.1. The second-order valence-corrected chi connectivity index (χ2v) is 12.1. The Kier molecular flexibility index (Phi) is 11.3. The van der Waals surface area contributed by atoms with Crippen molar-refractivity contribution in [3.8, 4) is 0 Å². The predicted molar refractivity (Wildman–Crippen MR) is 147 cm³/mol. The Balaban J connectivity index is 1.32. The van der Waals surface area contributed by atoms with E-state index in [-0.39, 0.29) is 68.9 Å². The van der Waals surface area contributed by atoms with Crippen LogP contribution in [0.3, 0.4) is 0 Å². The van der Waals surface area contributed by atoms with E-state index < -0.39 is 82.2 Å². The maximum Gasteiger partial charge on any atom is 0.422 e. The second kappa shape index (κ2) is 14.4. The molecule has 0 aliphatic heterocycles. The summed E-state index contributed by atoms with van der Waals surface area (Å²) in [7, 11) is 0. The van der Waals surface area contributed by atoms with Crippen molar-refractivity contribution in [3.63, 3.8) is 0 Å². The topological polar surface area (TPSA) is 9.23 Å². The first-order chi connectivity index (χ1) is 21.1. The minimum atomic E-state index is -5.19. The SMILES string of the molecule is CCCCC/C(F)=C(\F)c1cc(F)c(C2CCC(C(F)(F)OC3CCC(c4cc(F)c(C(F)(F)F)c(F)c4)CC3)CC2)c(F)c1. The Morgan fingerprint density at radius 1 is 0.711 bits per heavy atom. The van der Waals surface area contributed by atoms with Gasteiger partial charge in [0.1, 0.15) is 34.7 Å². The average Bonchev–Trinajstić information content (AvgIpc) is 2.96. The van der Waals surface area contributed by atoms with Gasteiger partial charge in [-0.1, -0.05) is 19.8 Å². The second-order valence-electron chi connectivity index (χ2n) is 12.1. The van der Waals surface area contributed by atoms with E-state index in [1.165, 1.54) is 0 Å². The highest BCUT2D eigenvalue weighted by molar-refractivity contribution is 5.61. The molecular formula is C33H35F11O. The fraction of sp³-hybridized carbons (Fsp3) is 0.576. The first-order valence-electron chi connectivity index (χ1n) is 15.3. The molecule has 2 aliphatic rings. The monoisotopic (exact) mass is 656 g/mol.